The fourth-order valence-corrected chi connectivity index (χ4v) is 5.83. The Hall–Kier alpha value is -2.92. The van der Waals surface area contributed by atoms with Gasteiger partial charge < -0.3 is 19.3 Å². The predicted molar refractivity (Wildman–Crippen MR) is 120 cm³/mol. The number of para-hydroxylation sites is 2. The molecule has 6 heterocycles. The Labute approximate surface area is 194 Å². The normalized spacial score (nSPS) is 28.4. The predicted octanol–water partition coefficient (Wildman–Crippen LogP) is 2.88. The molecule has 4 fully saturated rings. The molecule has 3 aromatic rings. The molecule has 4 bridgehead atoms. The monoisotopic (exact) mass is 469 g/mol. The molecule has 34 heavy (non-hydrogen) atoms. The summed E-state index contributed by atoms with van der Waals surface area (Å²) in [6, 6.07) is 7.44. The minimum absolute atomic E-state index is 0.146. The van der Waals surface area contributed by atoms with Crippen LogP contribution >= 0.6 is 0 Å². The van der Waals surface area contributed by atoms with Crippen molar-refractivity contribution in [1.29, 1.82) is 0 Å². The minimum atomic E-state index is -2.77. The van der Waals surface area contributed by atoms with Crippen molar-refractivity contribution in [3.63, 3.8) is 0 Å². The van der Waals surface area contributed by atoms with Gasteiger partial charge in [-0.25, -0.2) is 13.8 Å². The molecule has 4 aliphatic rings. The summed E-state index contributed by atoms with van der Waals surface area (Å²) < 4.78 is 41.3. The number of benzene rings is 1. The number of hydrogen-bond donors (Lipinski definition) is 0. The van der Waals surface area contributed by atoms with Crippen molar-refractivity contribution in [2.75, 3.05) is 36.1 Å². The van der Waals surface area contributed by atoms with E-state index in [0.29, 0.717) is 49.2 Å². The number of aromatic nitrogens is 5. The molecular weight excluding hydrogens is 444 g/mol. The van der Waals surface area contributed by atoms with Gasteiger partial charge in [0.15, 0.2) is 5.82 Å². The second-order valence-electron chi connectivity index (χ2n) is 9.52. The highest BCUT2D eigenvalue weighted by atomic mass is 19.3. The van der Waals surface area contributed by atoms with Crippen LogP contribution in [0.5, 0.6) is 0 Å². The fourth-order valence-electron chi connectivity index (χ4n) is 5.83. The van der Waals surface area contributed by atoms with E-state index in [4.69, 9.17) is 24.4 Å². The first-order chi connectivity index (χ1) is 16.6. The van der Waals surface area contributed by atoms with E-state index in [1.165, 1.54) is 4.57 Å². The Morgan fingerprint density at radius 3 is 2.24 bits per heavy atom. The number of halogens is 2. The summed E-state index contributed by atoms with van der Waals surface area (Å²) in [5, 5.41) is 0. The molecule has 4 aliphatic heterocycles. The first-order valence-electron chi connectivity index (χ1n) is 11.9. The van der Waals surface area contributed by atoms with Gasteiger partial charge in [-0.15, -0.1) is 0 Å². The zero-order valence-electron chi connectivity index (χ0n) is 18.6. The summed E-state index contributed by atoms with van der Waals surface area (Å²) >= 11 is 0. The van der Waals surface area contributed by atoms with E-state index >= 15 is 0 Å². The van der Waals surface area contributed by atoms with Crippen LogP contribution in [0.2, 0.25) is 0 Å². The summed E-state index contributed by atoms with van der Waals surface area (Å²) in [7, 11) is 0. The highest BCUT2D eigenvalue weighted by molar-refractivity contribution is 5.77. The van der Waals surface area contributed by atoms with E-state index in [-0.39, 0.29) is 36.1 Å². The second kappa shape index (κ2) is 7.81. The first kappa shape index (κ1) is 20.5. The van der Waals surface area contributed by atoms with Crippen LogP contribution in [0, 0.1) is 0 Å². The molecule has 2 aromatic heterocycles. The van der Waals surface area contributed by atoms with Gasteiger partial charge in [0.2, 0.25) is 17.8 Å². The molecule has 4 saturated heterocycles. The molecule has 0 aliphatic carbocycles. The van der Waals surface area contributed by atoms with Crippen molar-refractivity contribution in [2.45, 2.75) is 56.4 Å². The van der Waals surface area contributed by atoms with Crippen molar-refractivity contribution in [1.82, 2.24) is 24.5 Å². The van der Waals surface area contributed by atoms with Crippen LogP contribution in [0.3, 0.4) is 0 Å². The number of morpholine rings is 2. The zero-order chi connectivity index (χ0) is 22.8. The quantitative estimate of drug-likeness (QED) is 0.577. The highest BCUT2D eigenvalue weighted by Crippen LogP contribution is 2.35. The smallest absolute Gasteiger partial charge is 0.296 e. The van der Waals surface area contributed by atoms with Crippen molar-refractivity contribution in [3.8, 4) is 5.95 Å². The number of ether oxygens (including phenoxy) is 2. The van der Waals surface area contributed by atoms with E-state index in [1.54, 1.807) is 24.3 Å². The standard InChI is InChI=1S/C23H25F2N7O2/c24-19(25)20-26-17-3-1-2-4-18(17)32(20)23-28-21(30-9-15-7-8-16(10-30)34-15)27-22(29-23)31-13-5-6-14(31)12-33-11-13/h1-4,13-16,19H,5-12H2. The van der Waals surface area contributed by atoms with E-state index in [2.05, 4.69) is 14.8 Å². The summed E-state index contributed by atoms with van der Waals surface area (Å²) in [5.74, 6) is 0.835. The third-order valence-electron chi connectivity index (χ3n) is 7.38. The number of imidazole rings is 1. The number of anilines is 2. The van der Waals surface area contributed by atoms with E-state index < -0.39 is 6.43 Å². The SMILES string of the molecule is FC(F)c1nc2ccccc2n1-c1nc(N2CC3CCC(C2)O3)nc(N2C3CCC2COC3)n1. The van der Waals surface area contributed by atoms with Gasteiger partial charge in [0.25, 0.3) is 6.43 Å². The third kappa shape index (κ3) is 3.24. The van der Waals surface area contributed by atoms with Gasteiger partial charge in [-0.05, 0) is 37.8 Å². The zero-order valence-corrected chi connectivity index (χ0v) is 18.6. The van der Waals surface area contributed by atoms with Gasteiger partial charge >= 0.3 is 0 Å². The Morgan fingerprint density at radius 1 is 0.824 bits per heavy atom. The largest absolute Gasteiger partial charge is 0.377 e. The van der Waals surface area contributed by atoms with Gasteiger partial charge in [0, 0.05) is 13.1 Å². The molecule has 0 saturated carbocycles. The van der Waals surface area contributed by atoms with E-state index in [0.717, 1.165) is 25.7 Å². The maximum Gasteiger partial charge on any atom is 0.296 e. The minimum Gasteiger partial charge on any atom is -0.377 e. The molecule has 4 atom stereocenters. The Balaban J connectivity index is 1.40. The summed E-state index contributed by atoms with van der Waals surface area (Å²) in [6.07, 6.45) is 1.55. The van der Waals surface area contributed by atoms with Gasteiger partial charge in [-0.1, -0.05) is 12.1 Å². The second-order valence-corrected chi connectivity index (χ2v) is 9.52. The number of alkyl halides is 2. The molecule has 1 aromatic carbocycles. The third-order valence-corrected chi connectivity index (χ3v) is 7.38. The molecular formula is C23H25F2N7O2. The van der Waals surface area contributed by atoms with E-state index in [1.807, 2.05) is 0 Å². The molecule has 9 nitrogen and oxygen atoms in total. The molecule has 11 heteroatoms. The summed E-state index contributed by atoms with van der Waals surface area (Å²) in [5.41, 5.74) is 1.03. The maximum atomic E-state index is 14.1. The number of nitrogens with zero attached hydrogens (tertiary/aromatic N) is 7. The Morgan fingerprint density at radius 2 is 1.50 bits per heavy atom. The van der Waals surface area contributed by atoms with Crippen LogP contribution in [0.1, 0.15) is 37.9 Å². The fraction of sp³-hybridized carbons (Fsp3) is 0.565. The summed E-state index contributed by atoms with van der Waals surface area (Å²) in [4.78, 5) is 22.9. The molecule has 178 valence electrons. The van der Waals surface area contributed by atoms with Crippen molar-refractivity contribution < 1.29 is 18.3 Å². The lowest BCUT2D eigenvalue weighted by molar-refractivity contribution is 0.0299. The van der Waals surface area contributed by atoms with Gasteiger partial charge in [0.1, 0.15) is 0 Å². The van der Waals surface area contributed by atoms with Crippen LogP contribution in [-0.2, 0) is 9.47 Å². The lowest BCUT2D eigenvalue weighted by atomic mass is 10.2. The summed E-state index contributed by atoms with van der Waals surface area (Å²) in [6.45, 7) is 2.60. The lowest BCUT2D eigenvalue weighted by Crippen LogP contribution is -2.47. The Kier molecular flexibility index (Phi) is 4.70. The Bertz CT molecular complexity index is 1210. The van der Waals surface area contributed by atoms with Crippen molar-refractivity contribution in [3.05, 3.63) is 30.1 Å². The van der Waals surface area contributed by atoms with Gasteiger partial charge in [-0.3, -0.25) is 4.57 Å². The molecule has 0 radical (unpaired) electrons. The van der Waals surface area contributed by atoms with Crippen molar-refractivity contribution in [2.24, 2.45) is 0 Å². The molecule has 0 N–H and O–H groups in total. The number of hydrogen-bond acceptors (Lipinski definition) is 8. The number of rotatable bonds is 4. The maximum absolute atomic E-state index is 14.1. The van der Waals surface area contributed by atoms with Crippen molar-refractivity contribution >= 4 is 22.9 Å². The first-order valence-corrected chi connectivity index (χ1v) is 11.9. The van der Waals surface area contributed by atoms with Crippen LogP contribution in [0.25, 0.3) is 17.0 Å². The topological polar surface area (TPSA) is 81.4 Å². The molecule has 7 rings (SSSR count). The van der Waals surface area contributed by atoms with Crippen LogP contribution in [0.15, 0.2) is 24.3 Å². The van der Waals surface area contributed by atoms with Crippen LogP contribution < -0.4 is 9.80 Å². The highest BCUT2D eigenvalue weighted by Gasteiger charge is 2.41. The average Bonchev–Trinajstić information content (AvgIpc) is 3.49. The van der Waals surface area contributed by atoms with E-state index in [9.17, 15) is 8.78 Å². The average molecular weight is 469 g/mol. The molecule has 0 spiro atoms. The van der Waals surface area contributed by atoms with Gasteiger partial charge in [0.05, 0.1) is 48.5 Å². The number of fused-ring (bicyclic) bond motifs is 5. The molecule has 0 amide bonds. The van der Waals surface area contributed by atoms with Crippen LogP contribution in [0.4, 0.5) is 20.7 Å². The molecule has 4 unspecified atom stereocenters. The van der Waals surface area contributed by atoms with Crippen LogP contribution in [-0.4, -0.2) is 75.1 Å². The lowest BCUT2D eigenvalue weighted by Gasteiger charge is -2.36. The van der Waals surface area contributed by atoms with Gasteiger partial charge in [-0.2, -0.15) is 15.0 Å².